The summed E-state index contributed by atoms with van der Waals surface area (Å²) < 4.78 is 0. The molecule has 0 aromatic heterocycles. The Morgan fingerprint density at radius 1 is 1.25 bits per heavy atom. The van der Waals surface area contributed by atoms with Crippen LogP contribution in [0.2, 0.25) is 5.02 Å². The number of benzene rings is 2. The lowest BCUT2D eigenvalue weighted by Crippen LogP contribution is -2.29. The summed E-state index contributed by atoms with van der Waals surface area (Å²) in [5, 5.41) is 13.5. The Morgan fingerprint density at radius 3 is 2.71 bits per heavy atom. The first-order valence-corrected chi connectivity index (χ1v) is 8.49. The number of nitrogens with one attached hydrogen (secondary N) is 1. The molecule has 0 radical (unpaired) electrons. The molecule has 2 aromatic carbocycles. The lowest BCUT2D eigenvalue weighted by Gasteiger charge is -2.38. The Hall–Kier alpha value is -2.26. The molecule has 24 heavy (non-hydrogen) atoms. The molecule has 2 aliphatic rings. The van der Waals surface area contributed by atoms with Crippen molar-refractivity contribution in [1.29, 1.82) is 0 Å². The van der Waals surface area contributed by atoms with Gasteiger partial charge in [-0.15, -0.1) is 0 Å². The molecular weight excluding hydrogens is 322 g/mol. The Bertz CT molecular complexity index is 841. The lowest BCUT2D eigenvalue weighted by molar-refractivity contribution is 0.0697. The van der Waals surface area contributed by atoms with Gasteiger partial charge in [-0.25, -0.2) is 4.79 Å². The van der Waals surface area contributed by atoms with Crippen LogP contribution < -0.4 is 5.32 Å². The standard InChI is InChI=1S/C20H18ClNO2/c1-11-9-16-14-3-2-4-15(14)19(22-18(16)10-17(11)21)12-5-7-13(8-6-12)20(23)24/h2-3,5-10,14-15,19,22H,4H2,1H3,(H,23,24)/t14-,15+,19+/m1/s1. The first-order valence-electron chi connectivity index (χ1n) is 8.11. The molecule has 1 heterocycles. The summed E-state index contributed by atoms with van der Waals surface area (Å²) in [5.74, 6) is -0.0821. The van der Waals surface area contributed by atoms with Crippen LogP contribution in [0.1, 0.15) is 45.4 Å². The van der Waals surface area contributed by atoms with Gasteiger partial charge in [0.1, 0.15) is 0 Å². The van der Waals surface area contributed by atoms with Crippen LogP contribution in [0.25, 0.3) is 0 Å². The minimum Gasteiger partial charge on any atom is -0.478 e. The third-order valence-electron chi connectivity index (χ3n) is 5.16. The fraction of sp³-hybridized carbons (Fsp3) is 0.250. The van der Waals surface area contributed by atoms with E-state index in [1.165, 1.54) is 5.56 Å². The number of carbonyl (C=O) groups is 1. The van der Waals surface area contributed by atoms with Crippen LogP contribution in [-0.2, 0) is 0 Å². The van der Waals surface area contributed by atoms with Crippen LogP contribution in [0, 0.1) is 12.8 Å². The van der Waals surface area contributed by atoms with Gasteiger partial charge in [-0.1, -0.05) is 42.0 Å². The van der Waals surface area contributed by atoms with E-state index in [-0.39, 0.29) is 6.04 Å². The first-order chi connectivity index (χ1) is 11.5. The molecule has 122 valence electrons. The zero-order valence-corrected chi connectivity index (χ0v) is 14.0. The van der Waals surface area contributed by atoms with Crippen molar-refractivity contribution < 1.29 is 9.90 Å². The number of carboxylic acids is 1. The van der Waals surface area contributed by atoms with E-state index in [2.05, 4.69) is 23.5 Å². The van der Waals surface area contributed by atoms with Gasteiger partial charge in [0.05, 0.1) is 11.6 Å². The average molecular weight is 340 g/mol. The summed E-state index contributed by atoms with van der Waals surface area (Å²) in [4.78, 5) is 11.1. The number of allylic oxidation sites excluding steroid dienone is 2. The maximum atomic E-state index is 11.1. The maximum absolute atomic E-state index is 11.1. The third-order valence-corrected chi connectivity index (χ3v) is 5.57. The Labute approximate surface area is 146 Å². The van der Waals surface area contributed by atoms with E-state index in [4.69, 9.17) is 16.7 Å². The fourth-order valence-corrected chi connectivity index (χ4v) is 4.06. The molecule has 0 unspecified atom stereocenters. The summed E-state index contributed by atoms with van der Waals surface area (Å²) in [6, 6.07) is 11.5. The molecule has 2 N–H and O–H groups in total. The normalized spacial score (nSPS) is 24.2. The van der Waals surface area contributed by atoms with Crippen molar-refractivity contribution in [2.75, 3.05) is 5.32 Å². The highest BCUT2D eigenvalue weighted by Gasteiger charge is 2.38. The molecule has 0 saturated heterocycles. The maximum Gasteiger partial charge on any atom is 0.335 e. The highest BCUT2D eigenvalue weighted by atomic mass is 35.5. The van der Waals surface area contributed by atoms with Crippen LogP contribution in [0.3, 0.4) is 0 Å². The summed E-state index contributed by atoms with van der Waals surface area (Å²) in [6.07, 6.45) is 5.55. The monoisotopic (exact) mass is 339 g/mol. The summed E-state index contributed by atoms with van der Waals surface area (Å²) >= 11 is 6.31. The number of carboxylic acid groups (broad SMARTS) is 1. The Kier molecular flexibility index (Phi) is 3.61. The van der Waals surface area contributed by atoms with Crippen molar-refractivity contribution in [2.24, 2.45) is 5.92 Å². The van der Waals surface area contributed by atoms with E-state index < -0.39 is 5.97 Å². The molecule has 0 bridgehead atoms. The van der Waals surface area contributed by atoms with Crippen LogP contribution in [-0.4, -0.2) is 11.1 Å². The van der Waals surface area contributed by atoms with Crippen LogP contribution in [0.5, 0.6) is 0 Å². The lowest BCUT2D eigenvalue weighted by atomic mass is 9.76. The van der Waals surface area contributed by atoms with E-state index >= 15 is 0 Å². The van der Waals surface area contributed by atoms with Gasteiger partial charge in [-0.2, -0.15) is 0 Å². The first kappa shape index (κ1) is 15.3. The topological polar surface area (TPSA) is 49.3 Å². The highest BCUT2D eigenvalue weighted by Crippen LogP contribution is 2.50. The molecule has 3 nitrogen and oxygen atoms in total. The van der Waals surface area contributed by atoms with Gasteiger partial charge in [0, 0.05) is 16.6 Å². The van der Waals surface area contributed by atoms with E-state index in [0.29, 0.717) is 17.4 Å². The third kappa shape index (κ3) is 2.40. The van der Waals surface area contributed by atoms with Crippen molar-refractivity contribution >= 4 is 23.3 Å². The zero-order valence-electron chi connectivity index (χ0n) is 13.3. The SMILES string of the molecule is Cc1cc2c(cc1Cl)N[C@@H](c1ccc(C(=O)O)cc1)[C@H]1CC=C[C@@H]21. The van der Waals surface area contributed by atoms with E-state index in [0.717, 1.165) is 28.3 Å². The molecule has 0 spiro atoms. The number of aryl methyl sites for hydroxylation is 1. The largest absolute Gasteiger partial charge is 0.478 e. The highest BCUT2D eigenvalue weighted by molar-refractivity contribution is 6.31. The molecule has 4 heteroatoms. The van der Waals surface area contributed by atoms with Crippen LogP contribution in [0.4, 0.5) is 5.69 Å². The van der Waals surface area contributed by atoms with Gasteiger partial charge in [-0.05, 0) is 54.2 Å². The number of aromatic carboxylic acids is 1. The van der Waals surface area contributed by atoms with Gasteiger partial charge in [0.15, 0.2) is 0 Å². The predicted molar refractivity (Wildman–Crippen MR) is 95.9 cm³/mol. The second-order valence-electron chi connectivity index (χ2n) is 6.59. The predicted octanol–water partition coefficient (Wildman–Crippen LogP) is 5.17. The summed E-state index contributed by atoms with van der Waals surface area (Å²) in [7, 11) is 0. The van der Waals surface area contributed by atoms with E-state index in [9.17, 15) is 4.79 Å². The minimum absolute atomic E-state index is 0.152. The number of rotatable bonds is 2. The number of hydrogen-bond acceptors (Lipinski definition) is 2. The molecule has 0 amide bonds. The van der Waals surface area contributed by atoms with Crippen molar-refractivity contribution in [1.82, 2.24) is 0 Å². The molecule has 3 atom stereocenters. The van der Waals surface area contributed by atoms with Gasteiger partial charge >= 0.3 is 5.97 Å². The summed E-state index contributed by atoms with van der Waals surface area (Å²) in [5.41, 5.74) is 4.90. The molecule has 1 aliphatic carbocycles. The zero-order chi connectivity index (χ0) is 16.8. The molecular formula is C20H18ClNO2. The van der Waals surface area contributed by atoms with Gasteiger partial charge in [0.2, 0.25) is 0 Å². The van der Waals surface area contributed by atoms with Crippen LogP contribution >= 0.6 is 11.6 Å². The quantitative estimate of drug-likeness (QED) is 0.742. The van der Waals surface area contributed by atoms with Gasteiger partial charge in [0.25, 0.3) is 0 Å². The van der Waals surface area contributed by atoms with Gasteiger partial charge < -0.3 is 10.4 Å². The molecule has 0 saturated carbocycles. The number of halogens is 1. The molecule has 2 aromatic rings. The molecule has 1 aliphatic heterocycles. The fourth-order valence-electron chi connectivity index (χ4n) is 3.89. The van der Waals surface area contributed by atoms with Crippen LogP contribution in [0.15, 0.2) is 48.6 Å². The van der Waals surface area contributed by atoms with E-state index in [1.54, 1.807) is 12.1 Å². The number of hydrogen-bond donors (Lipinski definition) is 2. The van der Waals surface area contributed by atoms with Crippen molar-refractivity contribution in [3.05, 3.63) is 75.8 Å². The van der Waals surface area contributed by atoms with E-state index in [1.807, 2.05) is 25.1 Å². The average Bonchev–Trinajstić information content (AvgIpc) is 3.05. The smallest absolute Gasteiger partial charge is 0.335 e. The Balaban J connectivity index is 1.75. The number of anilines is 1. The molecule has 0 fully saturated rings. The van der Waals surface area contributed by atoms with Gasteiger partial charge in [-0.3, -0.25) is 0 Å². The number of fused-ring (bicyclic) bond motifs is 3. The minimum atomic E-state index is -0.897. The second kappa shape index (κ2) is 5.67. The van der Waals surface area contributed by atoms with Crippen molar-refractivity contribution in [3.8, 4) is 0 Å². The van der Waals surface area contributed by atoms with Crippen molar-refractivity contribution in [3.63, 3.8) is 0 Å². The van der Waals surface area contributed by atoms with Crippen molar-refractivity contribution in [2.45, 2.75) is 25.3 Å². The Morgan fingerprint density at radius 2 is 2.00 bits per heavy atom. The second-order valence-corrected chi connectivity index (χ2v) is 7.00. The summed E-state index contributed by atoms with van der Waals surface area (Å²) in [6.45, 7) is 2.03. The molecule has 4 rings (SSSR count).